The van der Waals surface area contributed by atoms with Crippen LogP contribution in [0, 0.1) is 17.0 Å². The Labute approximate surface area is 154 Å². The van der Waals surface area contributed by atoms with Crippen LogP contribution in [0.5, 0.6) is 0 Å². The highest BCUT2D eigenvalue weighted by Gasteiger charge is 2.21. The number of nitrogens with one attached hydrogen (secondary N) is 1. The van der Waals surface area contributed by atoms with Crippen LogP contribution < -0.4 is 5.32 Å². The Balaban J connectivity index is 1.63. The Bertz CT molecular complexity index is 855. The van der Waals surface area contributed by atoms with Gasteiger partial charge in [-0.05, 0) is 29.2 Å². The van der Waals surface area contributed by atoms with E-state index in [-0.39, 0.29) is 18.3 Å². The van der Waals surface area contributed by atoms with Crippen LogP contribution in [0.2, 0.25) is 0 Å². The first-order chi connectivity index (χ1) is 13.0. The van der Waals surface area contributed by atoms with Gasteiger partial charge in [0.05, 0.1) is 13.2 Å². The van der Waals surface area contributed by atoms with Crippen LogP contribution in [0.3, 0.4) is 0 Å². The van der Waals surface area contributed by atoms with Crippen molar-refractivity contribution in [3.63, 3.8) is 0 Å². The molecule has 1 aromatic carbocycles. The Morgan fingerprint density at radius 2 is 1.93 bits per heavy atom. The van der Waals surface area contributed by atoms with Crippen molar-refractivity contribution in [1.29, 1.82) is 0 Å². The third kappa shape index (κ3) is 4.29. The average molecular weight is 373 g/mol. The van der Waals surface area contributed by atoms with Gasteiger partial charge in [0.2, 0.25) is 0 Å². The van der Waals surface area contributed by atoms with Gasteiger partial charge in [0.25, 0.3) is 11.8 Å². The van der Waals surface area contributed by atoms with Crippen LogP contribution >= 0.6 is 0 Å². The maximum atomic E-state index is 12.4. The summed E-state index contributed by atoms with van der Waals surface area (Å²) in [5, 5.41) is 13.6. The molecule has 10 heteroatoms. The molecule has 0 radical (unpaired) electrons. The minimum absolute atomic E-state index is 0.0826. The molecular formula is C17H19N5O5. The number of ether oxygens (including phenoxy) is 1. The summed E-state index contributed by atoms with van der Waals surface area (Å²) in [6, 6.07) is 6.53. The molecular weight excluding hydrogens is 354 g/mol. The Morgan fingerprint density at radius 1 is 1.26 bits per heavy atom. The maximum absolute atomic E-state index is 12.4. The Morgan fingerprint density at radius 3 is 2.56 bits per heavy atom. The topological polar surface area (TPSA) is 120 Å². The largest absolute Gasteiger partial charge is 0.378 e. The van der Waals surface area contributed by atoms with Gasteiger partial charge in [-0.3, -0.25) is 9.59 Å². The van der Waals surface area contributed by atoms with E-state index in [1.165, 1.54) is 4.57 Å². The number of aryl methyl sites for hydroxylation is 1. The van der Waals surface area contributed by atoms with Gasteiger partial charge in [-0.25, -0.2) is 9.55 Å². The van der Waals surface area contributed by atoms with Gasteiger partial charge in [-0.1, -0.05) is 0 Å². The highest BCUT2D eigenvalue weighted by atomic mass is 16.6. The van der Waals surface area contributed by atoms with Gasteiger partial charge < -0.3 is 25.1 Å². The summed E-state index contributed by atoms with van der Waals surface area (Å²) < 4.78 is 6.46. The molecule has 1 aliphatic heterocycles. The predicted octanol–water partition coefficient (Wildman–Crippen LogP) is 1.21. The summed E-state index contributed by atoms with van der Waals surface area (Å²) in [5.74, 6) is -0.371. The van der Waals surface area contributed by atoms with E-state index in [1.54, 1.807) is 36.1 Å². The minimum atomic E-state index is -0.584. The molecule has 3 rings (SSSR count). The van der Waals surface area contributed by atoms with Gasteiger partial charge in [-0.2, -0.15) is 0 Å². The molecule has 1 N–H and O–H groups in total. The van der Waals surface area contributed by atoms with E-state index in [1.807, 2.05) is 0 Å². The monoisotopic (exact) mass is 373 g/mol. The average Bonchev–Trinajstić information content (AvgIpc) is 3.03. The van der Waals surface area contributed by atoms with Crippen molar-refractivity contribution in [2.24, 2.45) is 0 Å². The third-order valence-electron chi connectivity index (χ3n) is 4.24. The van der Waals surface area contributed by atoms with Gasteiger partial charge in [0.15, 0.2) is 12.4 Å². The summed E-state index contributed by atoms with van der Waals surface area (Å²) >= 11 is 0. The first-order valence-electron chi connectivity index (χ1n) is 8.39. The summed E-state index contributed by atoms with van der Waals surface area (Å²) in [5.41, 5.74) is 1.02. The number of nitro groups is 1. The SMILES string of the molecule is Cc1ncc([N+](=O)[O-])n1CC(=O)Nc1ccc(C(=O)N2CCOCC2)cc1. The van der Waals surface area contributed by atoms with E-state index in [0.717, 1.165) is 6.20 Å². The maximum Gasteiger partial charge on any atom is 0.343 e. The van der Waals surface area contributed by atoms with Crippen LogP contribution in [-0.4, -0.2) is 57.5 Å². The minimum Gasteiger partial charge on any atom is -0.378 e. The summed E-state index contributed by atoms with van der Waals surface area (Å²) in [4.78, 5) is 40.6. The second kappa shape index (κ2) is 7.96. The summed E-state index contributed by atoms with van der Waals surface area (Å²) in [7, 11) is 0. The number of carbonyl (C=O) groups is 2. The zero-order valence-electron chi connectivity index (χ0n) is 14.8. The van der Waals surface area contributed by atoms with E-state index in [9.17, 15) is 19.7 Å². The number of hydrogen-bond acceptors (Lipinski definition) is 6. The lowest BCUT2D eigenvalue weighted by Gasteiger charge is -2.26. The molecule has 0 atom stereocenters. The molecule has 0 unspecified atom stereocenters. The molecule has 0 aliphatic carbocycles. The van der Waals surface area contributed by atoms with Crippen molar-refractivity contribution in [2.75, 3.05) is 31.6 Å². The van der Waals surface area contributed by atoms with Gasteiger partial charge in [0, 0.05) is 31.3 Å². The molecule has 1 saturated heterocycles. The van der Waals surface area contributed by atoms with E-state index in [2.05, 4.69) is 10.3 Å². The lowest BCUT2D eigenvalue weighted by molar-refractivity contribution is -0.392. The number of carbonyl (C=O) groups excluding carboxylic acids is 2. The lowest BCUT2D eigenvalue weighted by Crippen LogP contribution is -2.40. The Hall–Kier alpha value is -3.27. The molecule has 1 aromatic heterocycles. The number of amides is 2. The van der Waals surface area contributed by atoms with Crippen LogP contribution in [0.1, 0.15) is 16.2 Å². The molecule has 142 valence electrons. The Kier molecular flexibility index (Phi) is 5.46. The van der Waals surface area contributed by atoms with Crippen molar-refractivity contribution in [2.45, 2.75) is 13.5 Å². The number of benzene rings is 1. The fourth-order valence-corrected chi connectivity index (χ4v) is 2.79. The van der Waals surface area contributed by atoms with Gasteiger partial charge in [-0.15, -0.1) is 0 Å². The number of hydrogen-bond donors (Lipinski definition) is 1. The molecule has 0 bridgehead atoms. The third-order valence-corrected chi connectivity index (χ3v) is 4.24. The number of anilines is 1. The highest BCUT2D eigenvalue weighted by molar-refractivity contribution is 5.95. The molecule has 2 amide bonds. The second-order valence-electron chi connectivity index (χ2n) is 6.04. The smallest absolute Gasteiger partial charge is 0.343 e. The zero-order chi connectivity index (χ0) is 19.4. The van der Waals surface area contributed by atoms with Crippen LogP contribution in [0.25, 0.3) is 0 Å². The molecule has 0 spiro atoms. The second-order valence-corrected chi connectivity index (χ2v) is 6.04. The molecule has 1 fully saturated rings. The van der Waals surface area contributed by atoms with Crippen LogP contribution in [-0.2, 0) is 16.1 Å². The van der Waals surface area contributed by atoms with Gasteiger partial charge >= 0.3 is 5.82 Å². The summed E-state index contributed by atoms with van der Waals surface area (Å²) in [6.07, 6.45) is 1.12. The first kappa shape index (κ1) is 18.5. The fourth-order valence-electron chi connectivity index (χ4n) is 2.79. The van der Waals surface area contributed by atoms with E-state index in [4.69, 9.17) is 4.74 Å². The first-order valence-corrected chi connectivity index (χ1v) is 8.39. The highest BCUT2D eigenvalue weighted by Crippen LogP contribution is 2.15. The molecule has 2 aromatic rings. The normalized spacial score (nSPS) is 14.0. The fraction of sp³-hybridized carbons (Fsp3) is 0.353. The van der Waals surface area contributed by atoms with E-state index in [0.29, 0.717) is 43.4 Å². The molecule has 27 heavy (non-hydrogen) atoms. The van der Waals surface area contributed by atoms with Gasteiger partial charge in [0.1, 0.15) is 6.20 Å². The van der Waals surface area contributed by atoms with Crippen molar-refractivity contribution >= 4 is 23.3 Å². The van der Waals surface area contributed by atoms with Crippen LogP contribution in [0.4, 0.5) is 11.5 Å². The number of imidazole rings is 1. The quantitative estimate of drug-likeness (QED) is 0.621. The number of aromatic nitrogens is 2. The van der Waals surface area contributed by atoms with Crippen molar-refractivity contribution < 1.29 is 19.2 Å². The van der Waals surface area contributed by atoms with Crippen molar-refractivity contribution in [1.82, 2.24) is 14.5 Å². The lowest BCUT2D eigenvalue weighted by atomic mass is 10.1. The predicted molar refractivity (Wildman–Crippen MR) is 95.4 cm³/mol. The molecule has 0 saturated carbocycles. The summed E-state index contributed by atoms with van der Waals surface area (Å²) in [6.45, 7) is 3.53. The van der Waals surface area contributed by atoms with E-state index < -0.39 is 10.8 Å². The standard InChI is InChI=1S/C17H19N5O5/c1-12-18-10-16(22(25)26)21(12)11-15(23)19-14-4-2-13(3-5-14)17(24)20-6-8-27-9-7-20/h2-5,10H,6-9,11H2,1H3,(H,19,23). The molecule has 1 aliphatic rings. The van der Waals surface area contributed by atoms with Crippen molar-refractivity contribution in [3.05, 3.63) is 52.0 Å². The molecule has 2 heterocycles. The number of morpholine rings is 1. The number of rotatable bonds is 5. The van der Waals surface area contributed by atoms with Crippen LogP contribution in [0.15, 0.2) is 30.5 Å². The zero-order valence-corrected chi connectivity index (χ0v) is 14.8. The van der Waals surface area contributed by atoms with Crippen molar-refractivity contribution in [3.8, 4) is 0 Å². The number of nitrogens with zero attached hydrogens (tertiary/aromatic N) is 4. The van der Waals surface area contributed by atoms with E-state index >= 15 is 0 Å². The molecule has 10 nitrogen and oxygen atoms in total.